The highest BCUT2D eigenvalue weighted by Gasteiger charge is 2.48. The highest BCUT2D eigenvalue weighted by Crippen LogP contribution is 2.41. The minimum Gasteiger partial charge on any atom is -0.495 e. The van der Waals surface area contributed by atoms with Gasteiger partial charge in [0.05, 0.1) is 24.0 Å². The maximum Gasteiger partial charge on any atom is 0.228 e. The summed E-state index contributed by atoms with van der Waals surface area (Å²) in [5.74, 6) is -0.368. The smallest absolute Gasteiger partial charge is 0.228 e. The van der Waals surface area contributed by atoms with Gasteiger partial charge in [0.25, 0.3) is 0 Å². The molecule has 0 bridgehead atoms. The van der Waals surface area contributed by atoms with Crippen LogP contribution < -0.4 is 15.4 Å². The zero-order chi connectivity index (χ0) is 18.8. The zero-order valence-electron chi connectivity index (χ0n) is 14.9. The molecule has 1 fully saturated rings. The third kappa shape index (κ3) is 3.83. The molecule has 2 unspecified atom stereocenters. The summed E-state index contributed by atoms with van der Waals surface area (Å²) in [4.78, 5) is 24.8. The van der Waals surface area contributed by atoms with Crippen LogP contribution in [0.2, 0.25) is 5.02 Å². The number of methoxy groups -OCH3 is 1. The number of rotatable bonds is 5. The molecule has 0 heterocycles. The fourth-order valence-electron chi connectivity index (χ4n) is 2.98. The molecule has 0 aliphatic heterocycles. The Morgan fingerprint density at radius 3 is 2.23 bits per heavy atom. The molecule has 2 aromatic carbocycles. The van der Waals surface area contributed by atoms with E-state index in [1.165, 1.54) is 7.11 Å². The van der Waals surface area contributed by atoms with E-state index in [2.05, 4.69) is 10.6 Å². The van der Waals surface area contributed by atoms with Crippen LogP contribution in [0, 0.1) is 25.7 Å². The van der Waals surface area contributed by atoms with Crippen molar-refractivity contribution >= 4 is 34.8 Å². The molecule has 0 spiro atoms. The van der Waals surface area contributed by atoms with Gasteiger partial charge in [0, 0.05) is 11.4 Å². The predicted molar refractivity (Wildman–Crippen MR) is 103 cm³/mol. The standard InChI is InChI=1S/C20H21ClN2O3/c1-11-5-4-6-12(2)18(11)23-20(25)15-10-14(15)19(24)22-13-7-8-17(26-3)16(21)9-13/h4-9,14-15H,10H2,1-3H3,(H,22,24)(H,23,25). The normalized spacial score (nSPS) is 18.2. The summed E-state index contributed by atoms with van der Waals surface area (Å²) in [5.41, 5.74) is 3.42. The van der Waals surface area contributed by atoms with Crippen molar-refractivity contribution in [1.82, 2.24) is 0 Å². The van der Waals surface area contributed by atoms with E-state index in [1.54, 1.807) is 18.2 Å². The molecule has 2 atom stereocenters. The third-order valence-corrected chi connectivity index (χ3v) is 4.91. The van der Waals surface area contributed by atoms with E-state index in [4.69, 9.17) is 16.3 Å². The molecule has 2 aromatic rings. The van der Waals surface area contributed by atoms with Crippen LogP contribution in [0.3, 0.4) is 0 Å². The Hall–Kier alpha value is -2.53. The fraction of sp³-hybridized carbons (Fsp3) is 0.300. The van der Waals surface area contributed by atoms with Gasteiger partial charge in [-0.1, -0.05) is 29.8 Å². The largest absolute Gasteiger partial charge is 0.495 e. The quantitative estimate of drug-likeness (QED) is 0.827. The van der Waals surface area contributed by atoms with Gasteiger partial charge in [-0.2, -0.15) is 0 Å². The van der Waals surface area contributed by atoms with E-state index >= 15 is 0 Å². The topological polar surface area (TPSA) is 67.4 Å². The molecule has 5 nitrogen and oxygen atoms in total. The van der Waals surface area contributed by atoms with Crippen molar-refractivity contribution in [2.75, 3.05) is 17.7 Å². The van der Waals surface area contributed by atoms with E-state index in [0.717, 1.165) is 16.8 Å². The van der Waals surface area contributed by atoms with Crippen molar-refractivity contribution in [3.05, 3.63) is 52.5 Å². The number of amides is 2. The SMILES string of the molecule is COc1ccc(NC(=O)C2CC2C(=O)Nc2c(C)cccc2C)cc1Cl. The average molecular weight is 373 g/mol. The minimum atomic E-state index is -0.319. The second kappa shape index (κ2) is 7.38. The van der Waals surface area contributed by atoms with Crippen molar-refractivity contribution in [3.63, 3.8) is 0 Å². The second-order valence-electron chi connectivity index (χ2n) is 6.54. The van der Waals surface area contributed by atoms with Gasteiger partial charge in [0.2, 0.25) is 11.8 Å². The molecular weight excluding hydrogens is 352 g/mol. The Morgan fingerprint density at radius 1 is 1.04 bits per heavy atom. The number of benzene rings is 2. The van der Waals surface area contributed by atoms with Crippen LogP contribution in [-0.2, 0) is 9.59 Å². The maximum absolute atomic E-state index is 12.5. The Balaban J connectivity index is 1.60. The molecule has 26 heavy (non-hydrogen) atoms. The lowest BCUT2D eigenvalue weighted by Crippen LogP contribution is -2.21. The fourth-order valence-corrected chi connectivity index (χ4v) is 3.24. The molecule has 2 amide bonds. The highest BCUT2D eigenvalue weighted by atomic mass is 35.5. The number of hydrogen-bond acceptors (Lipinski definition) is 3. The lowest BCUT2D eigenvalue weighted by atomic mass is 10.1. The van der Waals surface area contributed by atoms with Gasteiger partial charge in [0.1, 0.15) is 5.75 Å². The molecule has 0 radical (unpaired) electrons. The van der Waals surface area contributed by atoms with Gasteiger partial charge >= 0.3 is 0 Å². The van der Waals surface area contributed by atoms with Crippen LogP contribution in [0.1, 0.15) is 17.5 Å². The summed E-state index contributed by atoms with van der Waals surface area (Å²) < 4.78 is 5.09. The minimum absolute atomic E-state index is 0.115. The van der Waals surface area contributed by atoms with Crippen LogP contribution in [0.4, 0.5) is 11.4 Å². The number of carbonyl (C=O) groups is 2. The van der Waals surface area contributed by atoms with Crippen molar-refractivity contribution in [2.45, 2.75) is 20.3 Å². The van der Waals surface area contributed by atoms with Gasteiger partial charge in [-0.3, -0.25) is 9.59 Å². The molecule has 6 heteroatoms. The van der Waals surface area contributed by atoms with Crippen molar-refractivity contribution in [1.29, 1.82) is 0 Å². The number of anilines is 2. The summed E-state index contributed by atoms with van der Waals surface area (Å²) in [6, 6.07) is 10.9. The summed E-state index contributed by atoms with van der Waals surface area (Å²) >= 11 is 6.07. The molecular formula is C20H21ClN2O3. The molecule has 0 aromatic heterocycles. The van der Waals surface area contributed by atoms with Crippen LogP contribution in [0.5, 0.6) is 5.75 Å². The van der Waals surface area contributed by atoms with Gasteiger partial charge in [-0.15, -0.1) is 0 Å². The first kappa shape index (κ1) is 18.3. The summed E-state index contributed by atoms with van der Waals surface area (Å²) in [6.45, 7) is 3.90. The first-order chi connectivity index (χ1) is 12.4. The van der Waals surface area contributed by atoms with E-state index in [1.807, 2.05) is 32.0 Å². The van der Waals surface area contributed by atoms with Crippen LogP contribution >= 0.6 is 11.6 Å². The molecule has 136 valence electrons. The molecule has 3 rings (SSSR count). The number of aryl methyl sites for hydroxylation is 2. The van der Waals surface area contributed by atoms with Gasteiger partial charge in [-0.05, 0) is 49.6 Å². The highest BCUT2D eigenvalue weighted by molar-refractivity contribution is 6.32. The molecule has 2 N–H and O–H groups in total. The first-order valence-corrected chi connectivity index (χ1v) is 8.80. The van der Waals surface area contributed by atoms with Crippen molar-refractivity contribution < 1.29 is 14.3 Å². The summed E-state index contributed by atoms with van der Waals surface area (Å²) in [5, 5.41) is 6.19. The third-order valence-electron chi connectivity index (χ3n) is 4.61. The molecule has 1 saturated carbocycles. The van der Waals surface area contributed by atoms with Crippen LogP contribution in [-0.4, -0.2) is 18.9 Å². The lowest BCUT2D eigenvalue weighted by molar-refractivity contribution is -0.122. The monoisotopic (exact) mass is 372 g/mol. The number of hydrogen-bond donors (Lipinski definition) is 2. The van der Waals surface area contributed by atoms with E-state index in [-0.39, 0.29) is 23.7 Å². The van der Waals surface area contributed by atoms with Gasteiger partial charge in [-0.25, -0.2) is 0 Å². The van der Waals surface area contributed by atoms with Crippen molar-refractivity contribution in [3.8, 4) is 5.75 Å². The van der Waals surface area contributed by atoms with E-state index in [0.29, 0.717) is 22.9 Å². The number of halogens is 1. The van der Waals surface area contributed by atoms with Crippen LogP contribution in [0.25, 0.3) is 0 Å². The lowest BCUT2D eigenvalue weighted by Gasteiger charge is -2.11. The second-order valence-corrected chi connectivity index (χ2v) is 6.95. The van der Waals surface area contributed by atoms with Crippen molar-refractivity contribution in [2.24, 2.45) is 11.8 Å². The van der Waals surface area contributed by atoms with Crippen LogP contribution in [0.15, 0.2) is 36.4 Å². The Morgan fingerprint density at radius 2 is 1.65 bits per heavy atom. The van der Waals surface area contributed by atoms with E-state index < -0.39 is 0 Å². The Kier molecular flexibility index (Phi) is 5.18. The first-order valence-electron chi connectivity index (χ1n) is 8.42. The molecule has 1 aliphatic rings. The molecule has 0 saturated heterocycles. The Labute approximate surface area is 157 Å². The maximum atomic E-state index is 12.5. The number of ether oxygens (including phenoxy) is 1. The summed E-state index contributed by atoms with van der Waals surface area (Å²) in [6.07, 6.45) is 0.548. The Bertz CT molecular complexity index is 846. The summed E-state index contributed by atoms with van der Waals surface area (Å²) in [7, 11) is 1.53. The number of para-hydroxylation sites is 1. The average Bonchev–Trinajstić information content (AvgIpc) is 3.39. The van der Waals surface area contributed by atoms with Gasteiger partial charge in [0.15, 0.2) is 0 Å². The molecule has 1 aliphatic carbocycles. The van der Waals surface area contributed by atoms with E-state index in [9.17, 15) is 9.59 Å². The predicted octanol–water partition coefficient (Wildman–Crippen LogP) is 4.18. The number of nitrogens with one attached hydrogen (secondary N) is 2. The number of carbonyl (C=O) groups excluding carboxylic acids is 2. The zero-order valence-corrected chi connectivity index (χ0v) is 15.7. The van der Waals surface area contributed by atoms with Gasteiger partial charge < -0.3 is 15.4 Å².